The van der Waals surface area contributed by atoms with Crippen LogP contribution in [0.1, 0.15) is 74.6 Å². The highest BCUT2D eigenvalue weighted by Crippen LogP contribution is 2.30. The summed E-state index contributed by atoms with van der Waals surface area (Å²) < 4.78 is 5.73. The van der Waals surface area contributed by atoms with E-state index in [1.807, 2.05) is 0 Å². The molecule has 2 amide bonds. The molecule has 2 aliphatic carbocycles. The number of hydrogen-bond donors (Lipinski definition) is 1. The van der Waals surface area contributed by atoms with Crippen molar-refractivity contribution in [1.29, 1.82) is 0 Å². The van der Waals surface area contributed by atoms with Gasteiger partial charge in [-0.1, -0.05) is 50.1 Å². The van der Waals surface area contributed by atoms with E-state index >= 15 is 0 Å². The lowest BCUT2D eigenvalue weighted by molar-refractivity contribution is -0.140. The fourth-order valence-electron chi connectivity index (χ4n) is 4.46. The second kappa shape index (κ2) is 9.45. The molecule has 0 saturated heterocycles. The van der Waals surface area contributed by atoms with Crippen molar-refractivity contribution in [3.8, 4) is 5.75 Å². The normalized spacial score (nSPS) is 18.9. The summed E-state index contributed by atoms with van der Waals surface area (Å²) in [5, 5.41) is 0.411. The second-order valence-electron chi connectivity index (χ2n) is 7.68. The number of amides is 2. The number of primary amides is 1. The van der Waals surface area contributed by atoms with Crippen LogP contribution in [0, 0.1) is 0 Å². The van der Waals surface area contributed by atoms with E-state index in [2.05, 4.69) is 4.90 Å². The Hall–Kier alpha value is -1.75. The number of halogens is 1. The minimum absolute atomic E-state index is 0.0131. The average Bonchev–Trinajstić information content (AvgIpc) is 2.69. The van der Waals surface area contributed by atoms with E-state index in [4.69, 9.17) is 22.1 Å². The number of nitrogens with two attached hydrogens (primary N) is 1. The van der Waals surface area contributed by atoms with Gasteiger partial charge >= 0.3 is 0 Å². The Balaban J connectivity index is 1.71. The Morgan fingerprint density at radius 3 is 2.07 bits per heavy atom. The lowest BCUT2D eigenvalue weighted by atomic mass is 9.88. The van der Waals surface area contributed by atoms with Crippen LogP contribution in [0.2, 0.25) is 5.02 Å². The van der Waals surface area contributed by atoms with Gasteiger partial charge in [0.25, 0.3) is 11.8 Å². The minimum Gasteiger partial charge on any atom is -0.483 e. The highest BCUT2D eigenvalue weighted by molar-refractivity contribution is 6.31. The van der Waals surface area contributed by atoms with Gasteiger partial charge < -0.3 is 15.4 Å². The van der Waals surface area contributed by atoms with E-state index in [9.17, 15) is 9.59 Å². The summed E-state index contributed by atoms with van der Waals surface area (Å²) in [6, 6.07) is 5.34. The van der Waals surface area contributed by atoms with Crippen molar-refractivity contribution < 1.29 is 14.3 Å². The summed E-state index contributed by atoms with van der Waals surface area (Å²) in [5.41, 5.74) is 5.62. The van der Waals surface area contributed by atoms with Gasteiger partial charge in [0.2, 0.25) is 0 Å². The second-order valence-corrected chi connectivity index (χ2v) is 8.11. The summed E-state index contributed by atoms with van der Waals surface area (Å²) in [6.07, 6.45) is 11.6. The first-order valence-corrected chi connectivity index (χ1v) is 10.5. The molecular formula is C21H29ClN2O3. The van der Waals surface area contributed by atoms with Crippen LogP contribution >= 0.6 is 11.6 Å². The lowest BCUT2D eigenvalue weighted by Crippen LogP contribution is -2.50. The van der Waals surface area contributed by atoms with E-state index in [1.54, 1.807) is 12.1 Å². The van der Waals surface area contributed by atoms with Crippen molar-refractivity contribution in [2.24, 2.45) is 5.73 Å². The van der Waals surface area contributed by atoms with Gasteiger partial charge in [-0.2, -0.15) is 0 Å². The largest absolute Gasteiger partial charge is 0.483 e. The monoisotopic (exact) mass is 392 g/mol. The van der Waals surface area contributed by atoms with Crippen LogP contribution in [0.25, 0.3) is 0 Å². The van der Waals surface area contributed by atoms with Gasteiger partial charge in [-0.3, -0.25) is 9.59 Å². The maximum atomic E-state index is 13.1. The Morgan fingerprint density at radius 2 is 1.56 bits per heavy atom. The predicted molar refractivity (Wildman–Crippen MR) is 106 cm³/mol. The molecule has 2 aliphatic rings. The van der Waals surface area contributed by atoms with E-state index in [0.717, 1.165) is 25.7 Å². The molecule has 3 rings (SSSR count). The number of carbonyl (C=O) groups excluding carboxylic acids is 2. The number of rotatable bonds is 6. The Kier molecular flexibility index (Phi) is 7.00. The smallest absolute Gasteiger partial charge is 0.261 e. The molecule has 27 heavy (non-hydrogen) atoms. The van der Waals surface area contributed by atoms with Crippen LogP contribution < -0.4 is 10.5 Å². The van der Waals surface area contributed by atoms with Crippen molar-refractivity contribution in [3.05, 3.63) is 28.8 Å². The molecule has 1 aromatic carbocycles. The standard InChI is InChI=1S/C21H29ClN2O3/c22-15-11-12-19(18(13-15)21(23)26)27-14-20(25)24(16-7-3-1-4-8-16)17-9-5-2-6-10-17/h11-13,16-17H,1-10,14H2,(H2,23,26). The van der Waals surface area contributed by atoms with E-state index in [0.29, 0.717) is 22.9 Å². The fraction of sp³-hybridized carbons (Fsp3) is 0.619. The van der Waals surface area contributed by atoms with Gasteiger partial charge in [0.15, 0.2) is 6.61 Å². The molecule has 5 nitrogen and oxygen atoms in total. The van der Waals surface area contributed by atoms with Gasteiger partial charge in [0.1, 0.15) is 5.75 Å². The van der Waals surface area contributed by atoms with Crippen LogP contribution in [-0.2, 0) is 4.79 Å². The van der Waals surface area contributed by atoms with E-state index in [1.165, 1.54) is 44.6 Å². The highest BCUT2D eigenvalue weighted by Gasteiger charge is 2.32. The first-order valence-electron chi connectivity index (χ1n) is 10.1. The number of benzene rings is 1. The van der Waals surface area contributed by atoms with Gasteiger partial charge in [-0.25, -0.2) is 0 Å². The molecule has 0 aromatic heterocycles. The van der Waals surface area contributed by atoms with Crippen LogP contribution in [-0.4, -0.2) is 35.4 Å². The topological polar surface area (TPSA) is 72.6 Å². The zero-order valence-electron chi connectivity index (χ0n) is 15.8. The van der Waals surface area contributed by atoms with E-state index in [-0.39, 0.29) is 18.1 Å². The molecule has 0 heterocycles. The Labute approximate surface area is 166 Å². The van der Waals surface area contributed by atoms with Crippen LogP contribution in [0.4, 0.5) is 0 Å². The van der Waals surface area contributed by atoms with Gasteiger partial charge in [-0.05, 0) is 43.9 Å². The molecule has 148 valence electrons. The molecule has 2 saturated carbocycles. The minimum atomic E-state index is -0.614. The molecule has 0 aliphatic heterocycles. The SMILES string of the molecule is NC(=O)c1cc(Cl)ccc1OCC(=O)N(C1CCCCC1)C1CCCCC1. The lowest BCUT2D eigenvalue weighted by Gasteiger charge is -2.41. The summed E-state index contributed by atoms with van der Waals surface area (Å²) in [4.78, 5) is 26.9. The molecule has 1 aromatic rings. The predicted octanol–water partition coefficient (Wildman–Crippen LogP) is 4.31. The van der Waals surface area contributed by atoms with Gasteiger partial charge in [0.05, 0.1) is 5.56 Å². The summed E-state index contributed by atoms with van der Waals surface area (Å²) in [7, 11) is 0. The maximum absolute atomic E-state index is 13.1. The van der Waals surface area contributed by atoms with Crippen molar-refractivity contribution in [2.45, 2.75) is 76.3 Å². The summed E-state index contributed by atoms with van der Waals surface area (Å²) in [5.74, 6) is -0.289. The van der Waals surface area contributed by atoms with Crippen molar-refractivity contribution in [1.82, 2.24) is 4.90 Å². The molecule has 0 radical (unpaired) electrons. The van der Waals surface area contributed by atoms with E-state index < -0.39 is 5.91 Å². The highest BCUT2D eigenvalue weighted by atomic mass is 35.5. The van der Waals surface area contributed by atoms with Gasteiger partial charge in [-0.15, -0.1) is 0 Å². The molecule has 6 heteroatoms. The first kappa shape index (κ1) is 20.0. The van der Waals surface area contributed by atoms with Crippen LogP contribution in [0.5, 0.6) is 5.75 Å². The third-order valence-corrected chi connectivity index (χ3v) is 6.02. The molecule has 0 atom stereocenters. The molecule has 2 fully saturated rings. The zero-order valence-corrected chi connectivity index (χ0v) is 16.5. The van der Waals surface area contributed by atoms with Gasteiger partial charge in [0, 0.05) is 17.1 Å². The Morgan fingerprint density at radius 1 is 1.00 bits per heavy atom. The molecule has 0 bridgehead atoms. The quantitative estimate of drug-likeness (QED) is 0.783. The molecule has 0 unspecified atom stereocenters. The van der Waals surface area contributed by atoms with Crippen LogP contribution in [0.15, 0.2) is 18.2 Å². The van der Waals surface area contributed by atoms with Crippen molar-refractivity contribution >= 4 is 23.4 Å². The summed E-state index contributed by atoms with van der Waals surface area (Å²) in [6.45, 7) is -0.0745. The van der Waals surface area contributed by atoms with Crippen molar-refractivity contribution in [3.63, 3.8) is 0 Å². The third-order valence-electron chi connectivity index (χ3n) is 5.78. The average molecular weight is 393 g/mol. The molecular weight excluding hydrogens is 364 g/mol. The molecule has 2 N–H and O–H groups in total. The Bertz CT molecular complexity index is 649. The number of carbonyl (C=O) groups is 2. The maximum Gasteiger partial charge on any atom is 0.261 e. The number of hydrogen-bond acceptors (Lipinski definition) is 3. The number of ether oxygens (including phenoxy) is 1. The fourth-order valence-corrected chi connectivity index (χ4v) is 4.63. The first-order chi connectivity index (χ1) is 13.1. The zero-order chi connectivity index (χ0) is 19.2. The van der Waals surface area contributed by atoms with Crippen molar-refractivity contribution in [2.75, 3.05) is 6.61 Å². The summed E-state index contributed by atoms with van der Waals surface area (Å²) >= 11 is 5.94. The molecule has 0 spiro atoms. The van der Waals surface area contributed by atoms with Crippen LogP contribution in [0.3, 0.4) is 0 Å². The number of nitrogens with zero attached hydrogens (tertiary/aromatic N) is 1. The third kappa shape index (κ3) is 5.16.